The van der Waals surface area contributed by atoms with Crippen LogP contribution in [-0.4, -0.2) is 34.1 Å². The van der Waals surface area contributed by atoms with Gasteiger partial charge in [0.15, 0.2) is 0 Å². The Morgan fingerprint density at radius 3 is 2.35 bits per heavy atom. The van der Waals surface area contributed by atoms with Gasteiger partial charge in [0.1, 0.15) is 5.75 Å². The molecule has 1 aliphatic rings. The van der Waals surface area contributed by atoms with Gasteiger partial charge in [0, 0.05) is 19.0 Å². The monoisotopic (exact) mass is 385 g/mol. The highest BCUT2D eigenvalue weighted by atomic mass is 32.2. The average molecular weight is 385 g/mol. The molecule has 2 aromatic rings. The number of halogens is 3. The van der Waals surface area contributed by atoms with E-state index in [9.17, 15) is 21.6 Å². The van der Waals surface area contributed by atoms with Crippen molar-refractivity contribution in [2.24, 2.45) is 0 Å². The molecule has 2 aromatic carbocycles. The highest BCUT2D eigenvalue weighted by Crippen LogP contribution is 2.39. The normalized spacial score (nSPS) is 18.2. The van der Waals surface area contributed by atoms with Crippen molar-refractivity contribution in [3.8, 4) is 5.75 Å². The van der Waals surface area contributed by atoms with E-state index in [0.29, 0.717) is 13.1 Å². The molecule has 0 saturated carbocycles. The van der Waals surface area contributed by atoms with E-state index in [1.165, 1.54) is 12.1 Å². The molecule has 26 heavy (non-hydrogen) atoms. The molecule has 1 aliphatic heterocycles. The van der Waals surface area contributed by atoms with E-state index in [2.05, 4.69) is 0 Å². The lowest BCUT2D eigenvalue weighted by atomic mass is 9.98. The van der Waals surface area contributed by atoms with Crippen molar-refractivity contribution in [2.45, 2.75) is 22.7 Å². The second-order valence-electron chi connectivity index (χ2n) is 6.12. The van der Waals surface area contributed by atoms with Crippen molar-refractivity contribution >= 4 is 15.5 Å². The number of hydrogen-bond acceptors (Lipinski definition) is 4. The molecule has 0 unspecified atom stereocenters. The number of hydrogen-bond donors (Lipinski definition) is 0. The van der Waals surface area contributed by atoms with Crippen LogP contribution in [0.5, 0.6) is 5.75 Å². The molecule has 1 saturated heterocycles. The zero-order chi connectivity index (χ0) is 18.9. The SMILES string of the molecule is COc1ccc([C@H]2CCN(c3ccccc3S(=O)(=O)C(F)(F)F)C2)cc1. The van der Waals surface area contributed by atoms with Crippen LogP contribution < -0.4 is 9.64 Å². The third-order valence-electron chi connectivity index (χ3n) is 4.58. The smallest absolute Gasteiger partial charge is 0.497 e. The highest BCUT2D eigenvalue weighted by molar-refractivity contribution is 7.92. The summed E-state index contributed by atoms with van der Waals surface area (Å²) in [5.74, 6) is 0.841. The van der Waals surface area contributed by atoms with Crippen molar-refractivity contribution in [1.29, 1.82) is 0 Å². The van der Waals surface area contributed by atoms with Gasteiger partial charge < -0.3 is 9.64 Å². The van der Waals surface area contributed by atoms with Gasteiger partial charge in [-0.2, -0.15) is 13.2 Å². The van der Waals surface area contributed by atoms with Gasteiger partial charge in [0.25, 0.3) is 9.84 Å². The van der Waals surface area contributed by atoms with Crippen molar-refractivity contribution in [2.75, 3.05) is 25.1 Å². The van der Waals surface area contributed by atoms with E-state index in [0.717, 1.165) is 23.8 Å². The Kier molecular flexibility index (Phi) is 4.88. The van der Waals surface area contributed by atoms with Crippen LogP contribution in [0.1, 0.15) is 17.9 Å². The Bertz CT molecular complexity index is 879. The number of rotatable bonds is 4. The predicted octanol–water partition coefficient (Wildman–Crippen LogP) is 3.98. The van der Waals surface area contributed by atoms with Gasteiger partial charge in [-0.05, 0) is 36.2 Å². The molecular formula is C18H18F3NO3S. The first kappa shape index (κ1) is 18.6. The van der Waals surface area contributed by atoms with Crippen LogP contribution in [0.3, 0.4) is 0 Å². The van der Waals surface area contributed by atoms with E-state index in [-0.39, 0.29) is 11.6 Å². The summed E-state index contributed by atoms with van der Waals surface area (Å²) in [6, 6.07) is 12.8. The Hall–Kier alpha value is -2.22. The lowest BCUT2D eigenvalue weighted by Crippen LogP contribution is -2.27. The number of sulfone groups is 1. The molecule has 8 heteroatoms. The summed E-state index contributed by atoms with van der Waals surface area (Å²) in [5, 5.41) is 0. The summed E-state index contributed by atoms with van der Waals surface area (Å²) in [5.41, 5.74) is -4.18. The molecule has 140 valence electrons. The Balaban J connectivity index is 1.88. The number of benzene rings is 2. The van der Waals surface area contributed by atoms with Crippen molar-refractivity contribution in [1.82, 2.24) is 0 Å². The summed E-state index contributed by atoms with van der Waals surface area (Å²) in [6.07, 6.45) is 0.729. The largest absolute Gasteiger partial charge is 0.501 e. The van der Waals surface area contributed by atoms with Gasteiger partial charge in [-0.25, -0.2) is 8.42 Å². The van der Waals surface area contributed by atoms with Crippen LogP contribution in [0.25, 0.3) is 0 Å². The maximum absolute atomic E-state index is 13.0. The minimum Gasteiger partial charge on any atom is -0.497 e. The number of nitrogens with zero attached hydrogens (tertiary/aromatic N) is 1. The van der Waals surface area contributed by atoms with Crippen LogP contribution in [0, 0.1) is 0 Å². The third-order valence-corrected chi connectivity index (χ3v) is 6.11. The maximum atomic E-state index is 13.0. The molecule has 0 bridgehead atoms. The van der Waals surface area contributed by atoms with Gasteiger partial charge in [-0.1, -0.05) is 24.3 Å². The quantitative estimate of drug-likeness (QED) is 0.799. The number of ether oxygens (including phenoxy) is 1. The number of methoxy groups -OCH3 is 1. The lowest BCUT2D eigenvalue weighted by molar-refractivity contribution is -0.0435. The van der Waals surface area contributed by atoms with Crippen LogP contribution in [-0.2, 0) is 9.84 Å². The Morgan fingerprint density at radius 2 is 1.73 bits per heavy atom. The molecule has 1 heterocycles. The van der Waals surface area contributed by atoms with Gasteiger partial charge in [0.05, 0.1) is 17.7 Å². The van der Waals surface area contributed by atoms with Crippen molar-refractivity contribution < 1.29 is 26.3 Å². The summed E-state index contributed by atoms with van der Waals surface area (Å²) in [4.78, 5) is 1.01. The van der Waals surface area contributed by atoms with Gasteiger partial charge in [-0.15, -0.1) is 0 Å². The number of anilines is 1. The standard InChI is InChI=1S/C18H18F3NO3S/c1-25-15-8-6-13(7-9-15)14-10-11-22(12-14)16-4-2-3-5-17(16)26(23,24)18(19,20)21/h2-9,14H,10-12H2,1H3/t14-/m0/s1. The second kappa shape index (κ2) is 6.83. The number of alkyl halides is 3. The first-order valence-corrected chi connectivity index (χ1v) is 9.51. The van der Waals surface area contributed by atoms with E-state index >= 15 is 0 Å². The average Bonchev–Trinajstić information content (AvgIpc) is 3.11. The van der Waals surface area contributed by atoms with Crippen LogP contribution >= 0.6 is 0 Å². The molecule has 0 radical (unpaired) electrons. The molecule has 0 amide bonds. The van der Waals surface area contributed by atoms with E-state index in [1.54, 1.807) is 18.1 Å². The summed E-state index contributed by atoms with van der Waals surface area (Å²) in [7, 11) is -3.82. The molecule has 1 fully saturated rings. The molecule has 0 aliphatic carbocycles. The fourth-order valence-electron chi connectivity index (χ4n) is 3.20. The van der Waals surface area contributed by atoms with E-state index in [4.69, 9.17) is 4.74 Å². The molecule has 4 nitrogen and oxygen atoms in total. The van der Waals surface area contributed by atoms with E-state index < -0.39 is 20.2 Å². The minimum absolute atomic E-state index is 0.0980. The second-order valence-corrected chi connectivity index (χ2v) is 8.03. The summed E-state index contributed by atoms with van der Waals surface area (Å²) >= 11 is 0. The molecule has 0 spiro atoms. The number of para-hydroxylation sites is 1. The van der Waals surface area contributed by atoms with Crippen molar-refractivity contribution in [3.63, 3.8) is 0 Å². The fourth-order valence-corrected chi connectivity index (χ4v) is 4.18. The minimum atomic E-state index is -5.39. The molecule has 3 rings (SSSR count). The van der Waals surface area contributed by atoms with Crippen LogP contribution in [0.15, 0.2) is 53.4 Å². The van der Waals surface area contributed by atoms with Gasteiger partial charge in [-0.3, -0.25) is 0 Å². The molecule has 0 aromatic heterocycles. The zero-order valence-electron chi connectivity index (χ0n) is 14.0. The van der Waals surface area contributed by atoms with Crippen LogP contribution in [0.4, 0.5) is 18.9 Å². The molecule has 0 N–H and O–H groups in total. The maximum Gasteiger partial charge on any atom is 0.501 e. The summed E-state index contributed by atoms with van der Waals surface area (Å²) < 4.78 is 67.8. The third kappa shape index (κ3) is 3.38. The van der Waals surface area contributed by atoms with Crippen LogP contribution in [0.2, 0.25) is 0 Å². The molecular weight excluding hydrogens is 367 g/mol. The topological polar surface area (TPSA) is 46.6 Å². The fraction of sp³-hybridized carbons (Fsp3) is 0.333. The molecule has 1 atom stereocenters. The zero-order valence-corrected chi connectivity index (χ0v) is 14.8. The first-order chi connectivity index (χ1) is 12.2. The summed E-state index contributed by atoms with van der Waals surface area (Å²) in [6.45, 7) is 0.942. The van der Waals surface area contributed by atoms with Crippen molar-refractivity contribution in [3.05, 3.63) is 54.1 Å². The van der Waals surface area contributed by atoms with Gasteiger partial charge >= 0.3 is 5.51 Å². The lowest BCUT2D eigenvalue weighted by Gasteiger charge is -2.22. The highest BCUT2D eigenvalue weighted by Gasteiger charge is 2.48. The predicted molar refractivity (Wildman–Crippen MR) is 92.2 cm³/mol. The van der Waals surface area contributed by atoms with Gasteiger partial charge in [0.2, 0.25) is 0 Å². The Morgan fingerprint density at radius 1 is 1.08 bits per heavy atom. The Labute approximate surface area is 150 Å². The first-order valence-electron chi connectivity index (χ1n) is 8.03. The van der Waals surface area contributed by atoms with E-state index in [1.807, 2.05) is 24.3 Å².